The van der Waals surface area contributed by atoms with Crippen LogP contribution < -0.4 is 4.74 Å². The molecule has 1 atom stereocenters. The van der Waals surface area contributed by atoms with Crippen molar-refractivity contribution >= 4 is 34.9 Å². The van der Waals surface area contributed by atoms with E-state index in [2.05, 4.69) is 11.8 Å². The van der Waals surface area contributed by atoms with Crippen molar-refractivity contribution in [2.45, 2.75) is 37.9 Å². The molecular formula is C19H21ClO3S. The van der Waals surface area contributed by atoms with Gasteiger partial charge < -0.3 is 4.74 Å². The van der Waals surface area contributed by atoms with Gasteiger partial charge in [0, 0.05) is 34.2 Å². The van der Waals surface area contributed by atoms with Crippen LogP contribution in [0.4, 0.5) is 0 Å². The Balaban J connectivity index is 2.30. The van der Waals surface area contributed by atoms with E-state index >= 15 is 0 Å². The lowest BCUT2D eigenvalue weighted by Crippen LogP contribution is -2.23. The van der Waals surface area contributed by atoms with E-state index < -0.39 is 0 Å². The highest BCUT2D eigenvalue weighted by Crippen LogP contribution is 2.44. The van der Waals surface area contributed by atoms with Gasteiger partial charge in [-0.15, -0.1) is 5.92 Å². The molecule has 2 rings (SSSR count). The zero-order chi connectivity index (χ0) is 17.7. The summed E-state index contributed by atoms with van der Waals surface area (Å²) < 4.78 is 5.53. The molecule has 1 fully saturated rings. The van der Waals surface area contributed by atoms with E-state index in [0.717, 1.165) is 17.5 Å². The monoisotopic (exact) mass is 364 g/mol. The number of hydrogen-bond acceptors (Lipinski definition) is 4. The zero-order valence-corrected chi connectivity index (χ0v) is 15.7. The Morgan fingerprint density at radius 1 is 1.33 bits per heavy atom. The smallest absolute Gasteiger partial charge is 0.140 e. The first kappa shape index (κ1) is 18.9. The zero-order valence-electron chi connectivity index (χ0n) is 14.1. The molecule has 0 saturated heterocycles. The van der Waals surface area contributed by atoms with Gasteiger partial charge in [0.05, 0.1) is 13.5 Å². The highest BCUT2D eigenvalue weighted by molar-refractivity contribution is 7.98. The number of methoxy groups -OCH3 is 1. The first-order chi connectivity index (χ1) is 11.5. The molecule has 1 unspecified atom stereocenters. The van der Waals surface area contributed by atoms with Gasteiger partial charge in [0.2, 0.25) is 0 Å². The summed E-state index contributed by atoms with van der Waals surface area (Å²) in [6.07, 6.45) is 3.78. The van der Waals surface area contributed by atoms with Crippen LogP contribution in [-0.2, 0) is 9.59 Å². The summed E-state index contributed by atoms with van der Waals surface area (Å²) in [5.41, 5.74) is 1.73. The van der Waals surface area contributed by atoms with E-state index in [1.807, 2.05) is 18.4 Å². The Kier molecular flexibility index (Phi) is 6.77. The molecule has 5 heteroatoms. The first-order valence-corrected chi connectivity index (χ1v) is 9.51. The largest absolute Gasteiger partial charge is 0.496 e. The second-order valence-electron chi connectivity index (χ2n) is 5.94. The number of rotatable bonds is 5. The van der Waals surface area contributed by atoms with E-state index in [1.54, 1.807) is 25.8 Å². The molecule has 0 spiro atoms. The summed E-state index contributed by atoms with van der Waals surface area (Å²) in [5.74, 6) is 6.71. The van der Waals surface area contributed by atoms with Crippen molar-refractivity contribution in [3.05, 3.63) is 28.3 Å². The van der Waals surface area contributed by atoms with Gasteiger partial charge in [-0.3, -0.25) is 9.59 Å². The lowest BCUT2D eigenvalue weighted by Gasteiger charge is -2.26. The molecule has 0 amide bonds. The van der Waals surface area contributed by atoms with Crippen LogP contribution in [0.15, 0.2) is 12.1 Å². The van der Waals surface area contributed by atoms with E-state index in [-0.39, 0.29) is 29.2 Å². The minimum Gasteiger partial charge on any atom is -0.496 e. The van der Waals surface area contributed by atoms with Crippen LogP contribution >= 0.6 is 23.4 Å². The number of carbonyl (C=O) groups is 2. The van der Waals surface area contributed by atoms with E-state index in [1.165, 1.54) is 0 Å². The summed E-state index contributed by atoms with van der Waals surface area (Å²) in [5, 5.41) is 0.680. The number of carbonyl (C=O) groups excluding carboxylic acids is 2. The second kappa shape index (κ2) is 8.60. The van der Waals surface area contributed by atoms with E-state index in [9.17, 15) is 9.59 Å². The topological polar surface area (TPSA) is 43.4 Å². The minimum absolute atomic E-state index is 0.0442. The fourth-order valence-electron chi connectivity index (χ4n) is 3.17. The molecule has 1 aromatic carbocycles. The molecule has 128 valence electrons. The van der Waals surface area contributed by atoms with Crippen LogP contribution in [0.1, 0.15) is 49.0 Å². The number of halogens is 1. The van der Waals surface area contributed by atoms with E-state index in [4.69, 9.17) is 16.3 Å². The van der Waals surface area contributed by atoms with Crippen LogP contribution in [0, 0.1) is 17.8 Å². The van der Waals surface area contributed by atoms with Gasteiger partial charge in [0.15, 0.2) is 0 Å². The number of ether oxygens (including phenoxy) is 1. The van der Waals surface area contributed by atoms with Gasteiger partial charge in [-0.25, -0.2) is 0 Å². The second-order valence-corrected chi connectivity index (χ2v) is 7.39. The SMILES string of the molecule is CC#Cc1cc(Cl)c(C(CC2CC(=O)CC(=O)C2)SC)c(OC)c1. The summed E-state index contributed by atoms with van der Waals surface area (Å²) in [7, 11) is 1.61. The number of Topliss-reactive ketones (excluding diaryl/α,β-unsaturated/α-hetero) is 2. The quantitative estimate of drug-likeness (QED) is 0.571. The molecule has 3 nitrogen and oxygen atoms in total. The maximum absolute atomic E-state index is 11.7. The summed E-state index contributed by atoms with van der Waals surface area (Å²) in [6.45, 7) is 1.77. The highest BCUT2D eigenvalue weighted by atomic mass is 35.5. The Bertz CT molecular complexity index is 687. The van der Waals surface area contributed by atoms with Crippen LogP contribution in [0.3, 0.4) is 0 Å². The van der Waals surface area contributed by atoms with Gasteiger partial charge >= 0.3 is 0 Å². The maximum Gasteiger partial charge on any atom is 0.140 e. The average Bonchev–Trinajstić information content (AvgIpc) is 2.52. The molecule has 0 radical (unpaired) electrons. The maximum atomic E-state index is 11.7. The van der Waals surface area contributed by atoms with Gasteiger partial charge in [-0.05, 0) is 37.7 Å². The Hall–Kier alpha value is -1.44. The number of thioether (sulfide) groups is 1. The standard InChI is InChI=1S/C19H21ClO3S/c1-4-5-12-8-16(20)19(17(9-12)23-2)18(24-3)10-13-6-14(21)11-15(22)7-13/h8-9,13,18H,6-7,10-11H2,1-3H3. The molecule has 1 aliphatic carbocycles. The van der Waals surface area contributed by atoms with Crippen molar-refractivity contribution in [2.75, 3.05) is 13.4 Å². The minimum atomic E-state index is 0.0442. The number of benzene rings is 1. The molecule has 0 bridgehead atoms. The normalized spacial score (nSPS) is 16.5. The van der Waals surface area contributed by atoms with Gasteiger partial charge in [0.1, 0.15) is 17.3 Å². The van der Waals surface area contributed by atoms with Gasteiger partial charge in [-0.2, -0.15) is 11.8 Å². The summed E-state index contributed by atoms with van der Waals surface area (Å²) >= 11 is 8.16. The molecule has 0 aromatic heterocycles. The third-order valence-corrected chi connectivity index (χ3v) is 5.47. The van der Waals surface area contributed by atoms with Gasteiger partial charge in [0.25, 0.3) is 0 Å². The molecule has 0 heterocycles. The number of hydrogen-bond donors (Lipinski definition) is 0. The molecular weight excluding hydrogens is 344 g/mol. The van der Waals surface area contributed by atoms with Crippen molar-refractivity contribution in [1.29, 1.82) is 0 Å². The number of ketones is 2. The lowest BCUT2D eigenvalue weighted by atomic mass is 9.83. The van der Waals surface area contributed by atoms with Crippen molar-refractivity contribution < 1.29 is 14.3 Å². The Morgan fingerprint density at radius 2 is 2.00 bits per heavy atom. The first-order valence-electron chi connectivity index (χ1n) is 7.84. The lowest BCUT2D eigenvalue weighted by molar-refractivity contribution is -0.131. The van der Waals surface area contributed by atoms with Crippen LogP contribution in [0.25, 0.3) is 0 Å². The van der Waals surface area contributed by atoms with Gasteiger partial charge in [-0.1, -0.05) is 17.5 Å². The predicted molar refractivity (Wildman–Crippen MR) is 98.8 cm³/mol. The van der Waals surface area contributed by atoms with Crippen LogP contribution in [0.2, 0.25) is 5.02 Å². The summed E-state index contributed by atoms with van der Waals surface area (Å²) in [4.78, 5) is 23.4. The van der Waals surface area contributed by atoms with Crippen LogP contribution in [0.5, 0.6) is 5.75 Å². The molecule has 1 aromatic rings. The highest BCUT2D eigenvalue weighted by Gasteiger charge is 2.29. The third-order valence-electron chi connectivity index (χ3n) is 4.16. The molecule has 0 N–H and O–H groups in total. The van der Waals surface area contributed by atoms with Crippen molar-refractivity contribution in [1.82, 2.24) is 0 Å². The Morgan fingerprint density at radius 3 is 2.54 bits per heavy atom. The fourth-order valence-corrected chi connectivity index (χ4v) is 4.52. The van der Waals surface area contributed by atoms with Crippen molar-refractivity contribution in [3.8, 4) is 17.6 Å². The predicted octanol–water partition coefficient (Wildman–Crippen LogP) is 4.45. The summed E-state index contributed by atoms with van der Waals surface area (Å²) in [6, 6.07) is 3.73. The van der Waals surface area contributed by atoms with Crippen LogP contribution in [-0.4, -0.2) is 24.9 Å². The van der Waals surface area contributed by atoms with Crippen molar-refractivity contribution in [2.24, 2.45) is 5.92 Å². The Labute approximate surface area is 152 Å². The van der Waals surface area contributed by atoms with Crippen molar-refractivity contribution in [3.63, 3.8) is 0 Å². The average molecular weight is 365 g/mol. The fraction of sp³-hybridized carbons (Fsp3) is 0.474. The molecule has 0 aliphatic heterocycles. The molecule has 1 saturated carbocycles. The molecule has 1 aliphatic rings. The van der Waals surface area contributed by atoms with E-state index in [0.29, 0.717) is 23.6 Å². The molecule has 24 heavy (non-hydrogen) atoms. The third kappa shape index (κ3) is 4.55.